The Labute approximate surface area is 150 Å². The lowest BCUT2D eigenvalue weighted by atomic mass is 10.1. The van der Waals surface area contributed by atoms with Crippen LogP contribution in [0.4, 0.5) is 0 Å². The van der Waals surface area contributed by atoms with Gasteiger partial charge in [0.1, 0.15) is 0 Å². The zero-order valence-electron chi connectivity index (χ0n) is 12.8. The average Bonchev–Trinajstić information content (AvgIpc) is 2.54. The summed E-state index contributed by atoms with van der Waals surface area (Å²) in [5, 5.41) is 0.547. The van der Waals surface area contributed by atoms with Crippen molar-refractivity contribution in [3.63, 3.8) is 0 Å². The van der Waals surface area contributed by atoms with Crippen LogP contribution in [0.15, 0.2) is 48.5 Å². The summed E-state index contributed by atoms with van der Waals surface area (Å²) in [4.78, 5) is 24.8. The van der Waals surface area contributed by atoms with Crippen LogP contribution in [-0.2, 0) is 0 Å². The number of thioether (sulfide) groups is 1. The number of carbonyl (C=O) groups is 2. The van der Waals surface area contributed by atoms with Crippen molar-refractivity contribution >= 4 is 46.5 Å². The van der Waals surface area contributed by atoms with Gasteiger partial charge >= 0.3 is 0 Å². The van der Waals surface area contributed by atoms with Crippen molar-refractivity contribution in [1.29, 1.82) is 0 Å². The van der Waals surface area contributed by atoms with Crippen molar-refractivity contribution in [2.75, 3.05) is 0 Å². The lowest BCUT2D eigenvalue weighted by Gasteiger charge is -2.16. The summed E-state index contributed by atoms with van der Waals surface area (Å²) in [5.41, 5.74) is 1.20. The highest BCUT2D eigenvalue weighted by atomic mass is 35.5. The SMILES string of the molecule is CC(SC(C)C(=O)c1ccc(Cl)cc1)C(=O)c1ccc(Cl)cc1. The maximum absolute atomic E-state index is 12.4. The maximum Gasteiger partial charge on any atom is 0.175 e. The van der Waals surface area contributed by atoms with Crippen LogP contribution in [0, 0.1) is 0 Å². The van der Waals surface area contributed by atoms with Crippen LogP contribution in [0.5, 0.6) is 0 Å². The summed E-state index contributed by atoms with van der Waals surface area (Å²) in [5.74, 6) is -0.0233. The number of benzene rings is 2. The van der Waals surface area contributed by atoms with Crippen molar-refractivity contribution < 1.29 is 9.59 Å². The Morgan fingerprint density at radius 2 is 1.04 bits per heavy atom. The van der Waals surface area contributed by atoms with Crippen LogP contribution in [0.3, 0.4) is 0 Å². The molecule has 0 fully saturated rings. The third-order valence-electron chi connectivity index (χ3n) is 3.40. The minimum absolute atomic E-state index is 0.0116. The second-order valence-corrected chi connectivity index (χ2v) is 7.72. The monoisotopic (exact) mass is 366 g/mol. The minimum Gasteiger partial charge on any atom is -0.293 e. The van der Waals surface area contributed by atoms with E-state index in [1.54, 1.807) is 48.5 Å². The van der Waals surface area contributed by atoms with Gasteiger partial charge in [-0.15, -0.1) is 11.8 Å². The van der Waals surface area contributed by atoms with Gasteiger partial charge in [-0.1, -0.05) is 23.2 Å². The summed E-state index contributed by atoms with van der Waals surface area (Å²) < 4.78 is 0. The highest BCUT2D eigenvalue weighted by Crippen LogP contribution is 2.25. The van der Waals surface area contributed by atoms with Crippen LogP contribution < -0.4 is 0 Å². The molecule has 0 bridgehead atoms. The third kappa shape index (κ3) is 4.84. The van der Waals surface area contributed by atoms with Crippen LogP contribution in [0.2, 0.25) is 10.0 Å². The molecule has 0 N–H and O–H groups in total. The maximum atomic E-state index is 12.4. The number of carbonyl (C=O) groups excluding carboxylic acids is 2. The molecular weight excluding hydrogens is 351 g/mol. The predicted octanol–water partition coefficient (Wildman–Crippen LogP) is 5.57. The zero-order valence-corrected chi connectivity index (χ0v) is 15.1. The topological polar surface area (TPSA) is 34.1 Å². The first kappa shape index (κ1) is 18.1. The normalized spacial score (nSPS) is 13.4. The average molecular weight is 367 g/mol. The Morgan fingerprint density at radius 1 is 0.739 bits per heavy atom. The molecule has 0 radical (unpaired) electrons. The summed E-state index contributed by atoms with van der Waals surface area (Å²) in [6, 6.07) is 13.6. The first-order chi connectivity index (χ1) is 10.9. The third-order valence-corrected chi connectivity index (χ3v) is 5.15. The van der Waals surface area contributed by atoms with Gasteiger partial charge in [-0.2, -0.15) is 0 Å². The molecule has 2 aromatic carbocycles. The van der Waals surface area contributed by atoms with Crippen molar-refractivity contribution in [2.24, 2.45) is 0 Å². The van der Waals surface area contributed by atoms with Crippen molar-refractivity contribution in [2.45, 2.75) is 24.3 Å². The first-order valence-corrected chi connectivity index (χ1v) is 8.83. The number of hydrogen-bond donors (Lipinski definition) is 0. The highest BCUT2D eigenvalue weighted by molar-refractivity contribution is 8.01. The van der Waals surface area contributed by atoms with Crippen molar-refractivity contribution in [1.82, 2.24) is 0 Å². The summed E-state index contributed by atoms with van der Waals surface area (Å²) in [6.45, 7) is 3.63. The van der Waals surface area contributed by atoms with Gasteiger partial charge in [-0.05, 0) is 62.4 Å². The quantitative estimate of drug-likeness (QED) is 0.626. The van der Waals surface area contributed by atoms with Gasteiger partial charge in [-0.25, -0.2) is 0 Å². The summed E-state index contributed by atoms with van der Waals surface area (Å²) >= 11 is 13.0. The van der Waals surface area contributed by atoms with Gasteiger partial charge in [0.15, 0.2) is 11.6 Å². The first-order valence-electron chi connectivity index (χ1n) is 7.13. The zero-order chi connectivity index (χ0) is 17.0. The molecule has 0 amide bonds. The van der Waals surface area contributed by atoms with E-state index in [1.165, 1.54) is 11.8 Å². The fourth-order valence-corrected chi connectivity index (χ4v) is 3.51. The van der Waals surface area contributed by atoms with Gasteiger partial charge in [0.25, 0.3) is 0 Å². The molecule has 0 saturated carbocycles. The Morgan fingerprint density at radius 3 is 1.35 bits per heavy atom. The molecule has 2 atom stereocenters. The van der Waals surface area contributed by atoms with E-state index in [2.05, 4.69) is 0 Å². The van der Waals surface area contributed by atoms with E-state index < -0.39 is 0 Å². The lowest BCUT2D eigenvalue weighted by Crippen LogP contribution is -2.21. The van der Waals surface area contributed by atoms with Gasteiger partial charge in [0.2, 0.25) is 0 Å². The second kappa shape index (κ2) is 8.00. The van der Waals surface area contributed by atoms with Crippen LogP contribution in [0.1, 0.15) is 34.6 Å². The molecule has 0 aliphatic carbocycles. The molecule has 120 valence electrons. The molecule has 0 aliphatic rings. The number of halogens is 2. The highest BCUT2D eigenvalue weighted by Gasteiger charge is 2.23. The molecule has 0 spiro atoms. The molecule has 2 aromatic rings. The predicted molar refractivity (Wildman–Crippen MR) is 98.1 cm³/mol. The standard InChI is InChI=1S/C18H16Cl2O2S/c1-11(17(21)13-3-7-15(19)8-4-13)23-12(2)18(22)14-5-9-16(20)10-6-14/h3-12H,1-2H3. The van der Waals surface area contributed by atoms with E-state index in [0.717, 1.165) is 0 Å². The summed E-state index contributed by atoms with van der Waals surface area (Å²) in [6.07, 6.45) is 0. The molecular formula is C18H16Cl2O2S. The molecule has 5 heteroatoms. The molecule has 2 rings (SSSR count). The number of rotatable bonds is 6. The Bertz CT molecular complexity index is 634. The van der Waals surface area contributed by atoms with E-state index in [-0.39, 0.29) is 22.1 Å². The van der Waals surface area contributed by atoms with Crippen LogP contribution in [0.25, 0.3) is 0 Å². The Kier molecular flexibility index (Phi) is 6.28. The van der Waals surface area contributed by atoms with E-state index in [1.807, 2.05) is 13.8 Å². The van der Waals surface area contributed by atoms with Crippen LogP contribution >= 0.6 is 35.0 Å². The van der Waals surface area contributed by atoms with E-state index in [9.17, 15) is 9.59 Å². The molecule has 2 unspecified atom stereocenters. The Hall–Kier alpha value is -1.29. The molecule has 23 heavy (non-hydrogen) atoms. The molecule has 0 heterocycles. The smallest absolute Gasteiger partial charge is 0.175 e. The van der Waals surface area contributed by atoms with E-state index >= 15 is 0 Å². The number of hydrogen-bond acceptors (Lipinski definition) is 3. The minimum atomic E-state index is -0.317. The van der Waals surface area contributed by atoms with Gasteiger partial charge in [-0.3, -0.25) is 9.59 Å². The van der Waals surface area contributed by atoms with Gasteiger partial charge in [0, 0.05) is 21.2 Å². The molecule has 0 saturated heterocycles. The van der Waals surface area contributed by atoms with Gasteiger partial charge in [0.05, 0.1) is 10.5 Å². The lowest BCUT2D eigenvalue weighted by molar-refractivity contribution is 0.0993. The largest absolute Gasteiger partial charge is 0.293 e. The fraction of sp³-hybridized carbons (Fsp3) is 0.222. The number of ketones is 2. The van der Waals surface area contributed by atoms with Crippen molar-refractivity contribution in [3.8, 4) is 0 Å². The molecule has 0 aliphatic heterocycles. The molecule has 2 nitrogen and oxygen atoms in total. The summed E-state index contributed by atoms with van der Waals surface area (Å²) in [7, 11) is 0. The number of Topliss-reactive ketones (excluding diaryl/α,β-unsaturated/α-hetero) is 2. The second-order valence-electron chi connectivity index (χ2n) is 5.16. The Balaban J connectivity index is 2.02. The fourth-order valence-electron chi connectivity index (χ4n) is 2.13. The molecule has 0 aromatic heterocycles. The van der Waals surface area contributed by atoms with E-state index in [0.29, 0.717) is 21.2 Å². The van der Waals surface area contributed by atoms with E-state index in [4.69, 9.17) is 23.2 Å². The van der Waals surface area contributed by atoms with Crippen molar-refractivity contribution in [3.05, 3.63) is 69.7 Å². The van der Waals surface area contributed by atoms with Gasteiger partial charge < -0.3 is 0 Å². The van der Waals surface area contributed by atoms with Crippen LogP contribution in [-0.4, -0.2) is 22.1 Å².